The minimum absolute atomic E-state index is 0.125. The Morgan fingerprint density at radius 2 is 2.00 bits per heavy atom. The second kappa shape index (κ2) is 6.70. The zero-order chi connectivity index (χ0) is 18.1. The average molecular weight is 351 g/mol. The zero-order valence-electron chi connectivity index (χ0n) is 14.9. The van der Waals surface area contributed by atoms with E-state index in [4.69, 9.17) is 0 Å². The van der Waals surface area contributed by atoms with E-state index in [1.165, 1.54) is 12.8 Å². The van der Waals surface area contributed by atoms with Gasteiger partial charge in [0.2, 0.25) is 5.82 Å². The normalized spacial score (nSPS) is 14.2. The van der Waals surface area contributed by atoms with Crippen LogP contribution in [0.4, 0.5) is 5.82 Å². The molecular formula is C18H21N7O. The summed E-state index contributed by atoms with van der Waals surface area (Å²) in [6.45, 7) is 6.29. The van der Waals surface area contributed by atoms with E-state index in [1.54, 1.807) is 10.7 Å². The number of carbonyl (C=O) groups excluding carboxylic acids is 1. The summed E-state index contributed by atoms with van der Waals surface area (Å²) < 4.78 is 1.58. The number of hydrogen-bond acceptors (Lipinski definition) is 6. The smallest absolute Gasteiger partial charge is 0.291 e. The summed E-state index contributed by atoms with van der Waals surface area (Å²) in [6.07, 6.45) is 4.19. The number of rotatable bonds is 4. The van der Waals surface area contributed by atoms with Crippen molar-refractivity contribution in [1.29, 1.82) is 0 Å². The summed E-state index contributed by atoms with van der Waals surface area (Å²) in [5.74, 6) is 1.22. The molecule has 0 atom stereocenters. The number of aryl methyl sites for hydroxylation is 2. The lowest BCUT2D eigenvalue weighted by Crippen LogP contribution is -2.24. The number of fused-ring (bicyclic) bond motifs is 1. The van der Waals surface area contributed by atoms with Gasteiger partial charge in [-0.3, -0.25) is 4.79 Å². The van der Waals surface area contributed by atoms with E-state index < -0.39 is 0 Å². The maximum Gasteiger partial charge on any atom is 0.291 e. The molecule has 4 rings (SSSR count). The Morgan fingerprint density at radius 1 is 1.19 bits per heavy atom. The molecule has 0 saturated carbocycles. The summed E-state index contributed by atoms with van der Waals surface area (Å²) in [6, 6.07) is 5.84. The fourth-order valence-electron chi connectivity index (χ4n) is 3.21. The summed E-state index contributed by atoms with van der Waals surface area (Å²) in [7, 11) is 0. The standard InChI is InChI=1S/C18H21N7O/c1-12-9-13(2)25-18(21-12)22-16(23-25)17(26)20-11-14-5-6-19-15(10-14)24-7-3-4-8-24/h5-6,9-10H,3-4,7-8,11H2,1-2H3,(H,20,26). The average Bonchev–Trinajstić information content (AvgIpc) is 3.29. The number of carbonyl (C=O) groups is 1. The second-order valence-corrected chi connectivity index (χ2v) is 6.59. The molecule has 0 unspecified atom stereocenters. The Morgan fingerprint density at radius 3 is 2.81 bits per heavy atom. The van der Waals surface area contributed by atoms with Gasteiger partial charge in [-0.25, -0.2) is 14.5 Å². The summed E-state index contributed by atoms with van der Waals surface area (Å²) >= 11 is 0. The lowest BCUT2D eigenvalue weighted by molar-refractivity contribution is 0.0940. The molecule has 1 aliphatic heterocycles. The van der Waals surface area contributed by atoms with Gasteiger partial charge in [0.25, 0.3) is 11.7 Å². The van der Waals surface area contributed by atoms with Crippen molar-refractivity contribution in [3.63, 3.8) is 0 Å². The van der Waals surface area contributed by atoms with Crippen LogP contribution in [0.25, 0.3) is 5.78 Å². The predicted molar refractivity (Wildman–Crippen MR) is 97.1 cm³/mol. The second-order valence-electron chi connectivity index (χ2n) is 6.59. The Balaban J connectivity index is 1.47. The van der Waals surface area contributed by atoms with Gasteiger partial charge in [-0.1, -0.05) is 0 Å². The molecule has 1 aliphatic rings. The molecule has 0 aliphatic carbocycles. The van der Waals surface area contributed by atoms with Crippen LogP contribution >= 0.6 is 0 Å². The summed E-state index contributed by atoms with van der Waals surface area (Å²) in [5, 5.41) is 7.13. The van der Waals surface area contributed by atoms with Crippen LogP contribution < -0.4 is 10.2 Å². The molecule has 3 aromatic heterocycles. The van der Waals surface area contributed by atoms with Crippen molar-refractivity contribution in [3.05, 3.63) is 47.2 Å². The Kier molecular flexibility index (Phi) is 4.24. The van der Waals surface area contributed by atoms with Gasteiger partial charge in [-0.05, 0) is 50.5 Å². The van der Waals surface area contributed by atoms with Gasteiger partial charge in [0.05, 0.1) is 0 Å². The Bertz CT molecular complexity index is 959. The number of anilines is 1. The van der Waals surface area contributed by atoms with Crippen LogP contribution in [0.5, 0.6) is 0 Å². The quantitative estimate of drug-likeness (QED) is 0.769. The SMILES string of the molecule is Cc1cc(C)n2nc(C(=O)NCc3ccnc(N4CCCC4)c3)nc2n1. The van der Waals surface area contributed by atoms with Gasteiger partial charge < -0.3 is 10.2 Å². The van der Waals surface area contributed by atoms with Gasteiger partial charge in [0.1, 0.15) is 5.82 Å². The van der Waals surface area contributed by atoms with Crippen molar-refractivity contribution in [2.75, 3.05) is 18.0 Å². The maximum atomic E-state index is 12.4. The molecule has 4 heterocycles. The molecule has 8 heteroatoms. The number of nitrogens with one attached hydrogen (secondary N) is 1. The maximum absolute atomic E-state index is 12.4. The first-order chi connectivity index (χ1) is 12.6. The summed E-state index contributed by atoms with van der Waals surface area (Å²) in [5.41, 5.74) is 2.74. The Hall–Kier alpha value is -3.03. The molecule has 1 fully saturated rings. The predicted octanol–water partition coefficient (Wildman–Crippen LogP) is 1.67. The van der Waals surface area contributed by atoms with Crippen LogP contribution in [0.15, 0.2) is 24.4 Å². The van der Waals surface area contributed by atoms with E-state index in [2.05, 4.69) is 30.3 Å². The van der Waals surface area contributed by atoms with Crippen LogP contribution in [-0.4, -0.2) is 43.6 Å². The van der Waals surface area contributed by atoms with Crippen molar-refractivity contribution < 1.29 is 4.79 Å². The van der Waals surface area contributed by atoms with Crippen molar-refractivity contribution in [1.82, 2.24) is 29.9 Å². The lowest BCUT2D eigenvalue weighted by atomic mass is 10.2. The van der Waals surface area contributed by atoms with Gasteiger partial charge in [0.15, 0.2) is 0 Å². The highest BCUT2D eigenvalue weighted by Gasteiger charge is 2.16. The van der Waals surface area contributed by atoms with E-state index in [0.29, 0.717) is 12.3 Å². The molecule has 0 radical (unpaired) electrons. The fourth-order valence-corrected chi connectivity index (χ4v) is 3.21. The fraction of sp³-hybridized carbons (Fsp3) is 0.389. The molecule has 0 bridgehead atoms. The van der Waals surface area contributed by atoms with Crippen LogP contribution in [-0.2, 0) is 6.54 Å². The Labute approximate surface area is 151 Å². The molecule has 134 valence electrons. The third-order valence-corrected chi connectivity index (χ3v) is 4.51. The number of amides is 1. The van der Waals surface area contributed by atoms with Gasteiger partial charge in [-0.2, -0.15) is 4.98 Å². The first-order valence-corrected chi connectivity index (χ1v) is 8.79. The van der Waals surface area contributed by atoms with E-state index in [1.807, 2.05) is 32.0 Å². The number of pyridine rings is 1. The molecule has 3 aromatic rings. The van der Waals surface area contributed by atoms with Gasteiger partial charge in [0, 0.05) is 37.2 Å². The molecule has 8 nitrogen and oxygen atoms in total. The lowest BCUT2D eigenvalue weighted by Gasteiger charge is -2.16. The highest BCUT2D eigenvalue weighted by Crippen LogP contribution is 2.18. The number of hydrogen-bond donors (Lipinski definition) is 1. The zero-order valence-corrected chi connectivity index (χ0v) is 14.9. The molecular weight excluding hydrogens is 330 g/mol. The molecule has 26 heavy (non-hydrogen) atoms. The monoisotopic (exact) mass is 351 g/mol. The third kappa shape index (κ3) is 3.22. The minimum atomic E-state index is -0.313. The molecule has 1 N–H and O–H groups in total. The molecule has 0 spiro atoms. The van der Waals surface area contributed by atoms with Crippen molar-refractivity contribution in [2.24, 2.45) is 0 Å². The van der Waals surface area contributed by atoms with E-state index in [0.717, 1.165) is 35.9 Å². The van der Waals surface area contributed by atoms with E-state index >= 15 is 0 Å². The van der Waals surface area contributed by atoms with Crippen LogP contribution in [0.1, 0.15) is 40.4 Å². The van der Waals surface area contributed by atoms with E-state index in [-0.39, 0.29) is 11.7 Å². The van der Waals surface area contributed by atoms with Gasteiger partial charge in [-0.15, -0.1) is 5.10 Å². The van der Waals surface area contributed by atoms with Crippen LogP contribution in [0.2, 0.25) is 0 Å². The van der Waals surface area contributed by atoms with Crippen molar-refractivity contribution in [2.45, 2.75) is 33.2 Å². The first kappa shape index (κ1) is 16.4. The summed E-state index contributed by atoms with van der Waals surface area (Å²) in [4.78, 5) is 27.7. The molecule has 0 aromatic carbocycles. The largest absolute Gasteiger partial charge is 0.357 e. The van der Waals surface area contributed by atoms with Crippen LogP contribution in [0, 0.1) is 13.8 Å². The highest BCUT2D eigenvalue weighted by molar-refractivity contribution is 5.90. The highest BCUT2D eigenvalue weighted by atomic mass is 16.2. The minimum Gasteiger partial charge on any atom is -0.357 e. The van der Waals surface area contributed by atoms with Crippen LogP contribution in [0.3, 0.4) is 0 Å². The number of aromatic nitrogens is 5. The van der Waals surface area contributed by atoms with E-state index in [9.17, 15) is 4.79 Å². The molecule has 1 saturated heterocycles. The number of nitrogens with zero attached hydrogens (tertiary/aromatic N) is 6. The van der Waals surface area contributed by atoms with Gasteiger partial charge >= 0.3 is 0 Å². The van der Waals surface area contributed by atoms with Crippen molar-refractivity contribution in [3.8, 4) is 0 Å². The first-order valence-electron chi connectivity index (χ1n) is 8.79. The third-order valence-electron chi connectivity index (χ3n) is 4.51. The molecule has 1 amide bonds. The van der Waals surface area contributed by atoms with Crippen molar-refractivity contribution >= 4 is 17.5 Å². The topological polar surface area (TPSA) is 88.3 Å².